The number of aliphatic hydroxyl groups excluding tert-OH is 1. The van der Waals surface area contributed by atoms with Crippen LogP contribution in [0.4, 0.5) is 0 Å². The van der Waals surface area contributed by atoms with Gasteiger partial charge in [0.15, 0.2) is 0 Å². The van der Waals surface area contributed by atoms with Crippen LogP contribution in [0.3, 0.4) is 0 Å². The second kappa shape index (κ2) is 4.85. The third-order valence-corrected chi connectivity index (χ3v) is 1.34. The van der Waals surface area contributed by atoms with Crippen molar-refractivity contribution >= 4 is 0 Å². The summed E-state index contributed by atoms with van der Waals surface area (Å²) in [6, 6.07) is 0. The van der Waals surface area contributed by atoms with E-state index in [1.807, 2.05) is 6.08 Å². The molecule has 0 aliphatic rings. The second-order valence-electron chi connectivity index (χ2n) is 1.98. The van der Waals surface area contributed by atoms with Gasteiger partial charge in [-0.2, -0.15) is 0 Å². The molecule has 0 aromatic rings. The molecule has 1 atom stereocenters. The maximum absolute atomic E-state index is 8.61. The zero-order chi connectivity index (χ0) is 6.41. The largest absolute Gasteiger partial charge is 0.396 e. The smallest absolute Gasteiger partial charge is 0.0462 e. The van der Waals surface area contributed by atoms with Gasteiger partial charge in [0.2, 0.25) is 0 Å². The lowest BCUT2D eigenvalue weighted by Crippen LogP contribution is -2.01. The summed E-state index contributed by atoms with van der Waals surface area (Å²) in [5.41, 5.74) is 0. The Morgan fingerprint density at radius 3 is 2.50 bits per heavy atom. The quantitative estimate of drug-likeness (QED) is 0.550. The van der Waals surface area contributed by atoms with Crippen molar-refractivity contribution in [2.75, 3.05) is 6.61 Å². The fourth-order valence-electron chi connectivity index (χ4n) is 0.606. The number of rotatable bonds is 4. The van der Waals surface area contributed by atoms with Crippen LogP contribution in [0.5, 0.6) is 0 Å². The molecular formula is C7H14O. The molecule has 0 unspecified atom stereocenters. The van der Waals surface area contributed by atoms with Crippen molar-refractivity contribution in [1.29, 1.82) is 0 Å². The zero-order valence-electron chi connectivity index (χ0n) is 5.43. The summed E-state index contributed by atoms with van der Waals surface area (Å²) in [6.45, 7) is 5.95. The van der Waals surface area contributed by atoms with Gasteiger partial charge in [0.25, 0.3) is 0 Å². The Balaban J connectivity index is 3.20. The molecule has 0 aliphatic heterocycles. The van der Waals surface area contributed by atoms with E-state index in [9.17, 15) is 0 Å². The monoisotopic (exact) mass is 114 g/mol. The molecule has 8 heavy (non-hydrogen) atoms. The first kappa shape index (κ1) is 7.70. The zero-order valence-corrected chi connectivity index (χ0v) is 5.43. The Hall–Kier alpha value is -0.300. The molecule has 0 bridgehead atoms. The van der Waals surface area contributed by atoms with Crippen LogP contribution < -0.4 is 0 Å². The average Bonchev–Trinajstić information content (AvgIpc) is 1.83. The Morgan fingerprint density at radius 2 is 2.38 bits per heavy atom. The average molecular weight is 114 g/mol. The first-order valence-electron chi connectivity index (χ1n) is 3.06. The van der Waals surface area contributed by atoms with Crippen molar-refractivity contribution in [2.45, 2.75) is 19.8 Å². The molecule has 48 valence electrons. The second-order valence-corrected chi connectivity index (χ2v) is 1.98. The van der Waals surface area contributed by atoms with Crippen LogP contribution in [-0.4, -0.2) is 11.7 Å². The van der Waals surface area contributed by atoms with E-state index in [0.717, 1.165) is 12.8 Å². The Bertz CT molecular complexity index is 55.4. The van der Waals surface area contributed by atoms with E-state index >= 15 is 0 Å². The topological polar surface area (TPSA) is 20.2 Å². The minimum Gasteiger partial charge on any atom is -0.396 e. The van der Waals surface area contributed by atoms with Crippen LogP contribution >= 0.6 is 0 Å². The van der Waals surface area contributed by atoms with E-state index in [-0.39, 0.29) is 0 Å². The van der Waals surface area contributed by atoms with Gasteiger partial charge in [0, 0.05) is 6.61 Å². The van der Waals surface area contributed by atoms with E-state index in [0.29, 0.717) is 12.5 Å². The summed E-state index contributed by atoms with van der Waals surface area (Å²) < 4.78 is 0. The fourth-order valence-corrected chi connectivity index (χ4v) is 0.606. The SMILES string of the molecule is C=CC[C@H](CC)CO. The number of hydrogen-bond acceptors (Lipinski definition) is 1. The standard InChI is InChI=1S/C7H14O/c1-3-5-7(4-2)6-8/h3,7-8H,1,4-6H2,2H3/t7-/m0/s1. The molecule has 1 N–H and O–H groups in total. The van der Waals surface area contributed by atoms with E-state index in [1.165, 1.54) is 0 Å². The normalized spacial score (nSPS) is 13.2. The first-order valence-corrected chi connectivity index (χ1v) is 3.06. The molecule has 0 aromatic heterocycles. The Morgan fingerprint density at radius 1 is 1.75 bits per heavy atom. The molecule has 0 heterocycles. The molecule has 0 rings (SSSR count). The molecule has 0 aliphatic carbocycles. The van der Waals surface area contributed by atoms with Crippen molar-refractivity contribution < 1.29 is 5.11 Å². The van der Waals surface area contributed by atoms with Crippen LogP contribution in [0.25, 0.3) is 0 Å². The summed E-state index contributed by atoms with van der Waals surface area (Å²) in [5, 5.41) is 8.61. The molecule has 0 fully saturated rings. The minimum atomic E-state index is 0.294. The summed E-state index contributed by atoms with van der Waals surface area (Å²) in [4.78, 5) is 0. The third kappa shape index (κ3) is 2.80. The van der Waals surface area contributed by atoms with Gasteiger partial charge < -0.3 is 5.11 Å². The van der Waals surface area contributed by atoms with Crippen molar-refractivity contribution in [1.82, 2.24) is 0 Å². The Kier molecular flexibility index (Phi) is 4.67. The molecule has 1 heteroatoms. The fraction of sp³-hybridized carbons (Fsp3) is 0.714. The highest BCUT2D eigenvalue weighted by molar-refractivity contribution is 4.71. The first-order chi connectivity index (χ1) is 3.85. The highest BCUT2D eigenvalue weighted by atomic mass is 16.3. The summed E-state index contributed by atoms with van der Waals surface area (Å²) >= 11 is 0. The van der Waals surface area contributed by atoms with E-state index < -0.39 is 0 Å². The van der Waals surface area contributed by atoms with Crippen molar-refractivity contribution in [3.63, 3.8) is 0 Å². The molecule has 0 aromatic carbocycles. The van der Waals surface area contributed by atoms with E-state index in [4.69, 9.17) is 5.11 Å². The molecule has 0 radical (unpaired) electrons. The molecule has 0 spiro atoms. The predicted molar refractivity (Wildman–Crippen MR) is 35.7 cm³/mol. The van der Waals surface area contributed by atoms with Crippen molar-refractivity contribution in [3.8, 4) is 0 Å². The molecule has 0 saturated carbocycles. The van der Waals surface area contributed by atoms with Gasteiger partial charge in [0.05, 0.1) is 0 Å². The van der Waals surface area contributed by atoms with Gasteiger partial charge in [-0.25, -0.2) is 0 Å². The van der Waals surface area contributed by atoms with Gasteiger partial charge in [-0.15, -0.1) is 6.58 Å². The van der Waals surface area contributed by atoms with Gasteiger partial charge in [-0.1, -0.05) is 19.4 Å². The number of allylic oxidation sites excluding steroid dienone is 1. The van der Waals surface area contributed by atoms with Gasteiger partial charge in [-0.05, 0) is 12.3 Å². The molecule has 1 nitrogen and oxygen atoms in total. The van der Waals surface area contributed by atoms with Crippen LogP contribution in [-0.2, 0) is 0 Å². The molecule has 0 saturated heterocycles. The van der Waals surface area contributed by atoms with Gasteiger partial charge >= 0.3 is 0 Å². The Labute approximate surface area is 51.0 Å². The van der Waals surface area contributed by atoms with E-state index in [2.05, 4.69) is 13.5 Å². The summed E-state index contributed by atoms with van der Waals surface area (Å²) in [6.07, 6.45) is 3.83. The third-order valence-electron chi connectivity index (χ3n) is 1.34. The van der Waals surface area contributed by atoms with Crippen molar-refractivity contribution in [2.24, 2.45) is 5.92 Å². The number of aliphatic hydroxyl groups is 1. The molecule has 0 amide bonds. The highest BCUT2D eigenvalue weighted by Crippen LogP contribution is 2.05. The van der Waals surface area contributed by atoms with Crippen LogP contribution in [0, 0.1) is 5.92 Å². The lowest BCUT2D eigenvalue weighted by Gasteiger charge is -2.05. The maximum atomic E-state index is 8.61. The lowest BCUT2D eigenvalue weighted by molar-refractivity contribution is 0.224. The summed E-state index contributed by atoms with van der Waals surface area (Å²) in [7, 11) is 0. The highest BCUT2D eigenvalue weighted by Gasteiger charge is 1.98. The predicted octanol–water partition coefficient (Wildman–Crippen LogP) is 1.58. The van der Waals surface area contributed by atoms with E-state index in [1.54, 1.807) is 0 Å². The summed E-state index contributed by atoms with van der Waals surface area (Å²) in [5.74, 6) is 0.437. The van der Waals surface area contributed by atoms with Crippen LogP contribution in [0.15, 0.2) is 12.7 Å². The number of hydrogen-bond donors (Lipinski definition) is 1. The van der Waals surface area contributed by atoms with Crippen LogP contribution in [0.1, 0.15) is 19.8 Å². The lowest BCUT2D eigenvalue weighted by atomic mass is 10.0. The minimum absolute atomic E-state index is 0.294. The van der Waals surface area contributed by atoms with Crippen molar-refractivity contribution in [3.05, 3.63) is 12.7 Å². The van der Waals surface area contributed by atoms with Gasteiger partial charge in [0.1, 0.15) is 0 Å². The van der Waals surface area contributed by atoms with Gasteiger partial charge in [-0.3, -0.25) is 0 Å². The molecular weight excluding hydrogens is 100 g/mol. The maximum Gasteiger partial charge on any atom is 0.0462 e. The van der Waals surface area contributed by atoms with Crippen LogP contribution in [0.2, 0.25) is 0 Å².